The first-order valence-corrected chi connectivity index (χ1v) is 20.3. The maximum absolute atomic E-state index is 13.6. The van der Waals surface area contributed by atoms with Crippen LogP contribution in [0.2, 0.25) is 0 Å². The van der Waals surface area contributed by atoms with Crippen LogP contribution in [0.3, 0.4) is 0 Å². The van der Waals surface area contributed by atoms with Gasteiger partial charge in [-0.3, -0.25) is 24.2 Å². The second-order valence-corrected chi connectivity index (χ2v) is 14.9. The number of hydrogen-bond donors (Lipinski definition) is 6. The topological polar surface area (TPSA) is 210 Å². The van der Waals surface area contributed by atoms with Crippen molar-refractivity contribution in [2.75, 3.05) is 36.2 Å². The van der Waals surface area contributed by atoms with Crippen molar-refractivity contribution in [2.45, 2.75) is 38.0 Å². The molecule has 0 spiro atoms. The maximum Gasteiger partial charge on any atom is 0.329 e. The van der Waals surface area contributed by atoms with Gasteiger partial charge in [0.2, 0.25) is 10.2 Å². The molecule has 2 unspecified atom stereocenters. The van der Waals surface area contributed by atoms with Crippen LogP contribution in [0.4, 0.5) is 0 Å². The Kier molecular flexibility index (Phi) is 19.5. The van der Waals surface area contributed by atoms with E-state index in [1.165, 1.54) is 12.3 Å². The lowest BCUT2D eigenvalue weighted by Crippen LogP contribution is -2.44. The summed E-state index contributed by atoms with van der Waals surface area (Å²) in [5.41, 5.74) is 12.2. The maximum atomic E-state index is 13.6. The lowest BCUT2D eigenvalue weighted by atomic mass is 9.99. The van der Waals surface area contributed by atoms with E-state index in [0.29, 0.717) is 11.1 Å². The summed E-state index contributed by atoms with van der Waals surface area (Å²) in [4.78, 5) is 80.7. The van der Waals surface area contributed by atoms with Crippen LogP contribution < -0.4 is 22.1 Å². The van der Waals surface area contributed by atoms with Gasteiger partial charge in [-0.15, -0.1) is 0 Å². The van der Waals surface area contributed by atoms with Crippen LogP contribution >= 0.6 is 68.4 Å². The molecule has 0 saturated carbocycles. The predicted molar refractivity (Wildman–Crippen MR) is 199 cm³/mol. The Hall–Kier alpha value is -2.39. The molecule has 262 valence electrons. The van der Waals surface area contributed by atoms with E-state index in [-0.39, 0.29) is 57.7 Å². The highest BCUT2D eigenvalue weighted by Gasteiger charge is 2.28. The molecule has 19 heteroatoms. The molecule has 2 rings (SSSR count). The van der Waals surface area contributed by atoms with E-state index >= 15 is 0 Å². The van der Waals surface area contributed by atoms with E-state index in [2.05, 4.69) is 40.9 Å². The summed E-state index contributed by atoms with van der Waals surface area (Å²) >= 11 is 8.03. The number of hydrogen-bond acceptors (Lipinski definition) is 17. The zero-order valence-corrected chi connectivity index (χ0v) is 31.0. The molecule has 1 heterocycles. The lowest BCUT2D eigenvalue weighted by Gasteiger charge is -2.19. The van der Waals surface area contributed by atoms with Gasteiger partial charge in [0.1, 0.15) is 17.8 Å². The minimum Gasteiger partial charge on any atom is -0.464 e. The summed E-state index contributed by atoms with van der Waals surface area (Å²) in [5, 5.41) is 4.57. The van der Waals surface area contributed by atoms with E-state index in [4.69, 9.17) is 20.9 Å². The summed E-state index contributed by atoms with van der Waals surface area (Å²) < 4.78 is 10.2. The fourth-order valence-electron chi connectivity index (χ4n) is 3.50. The number of rotatable bonds is 19. The largest absolute Gasteiger partial charge is 0.464 e. The van der Waals surface area contributed by atoms with E-state index in [9.17, 15) is 28.8 Å². The third-order valence-corrected chi connectivity index (χ3v) is 11.4. The van der Waals surface area contributed by atoms with E-state index in [1.54, 1.807) is 44.2 Å². The van der Waals surface area contributed by atoms with Gasteiger partial charge < -0.3 is 31.6 Å². The van der Waals surface area contributed by atoms with Gasteiger partial charge in [0.25, 0.3) is 11.8 Å². The van der Waals surface area contributed by atoms with Gasteiger partial charge in [-0.2, -0.15) is 25.3 Å². The standard InChI is InChI=1S/C29H37N5O8S6/c1-3-41-26(37)22(14-45-47-28(39)19(30)12-43)33-24(35)18-11-32-21(10-17(18)16-8-6-5-7-9-16)25(36)34-23(27(38)42-4-2)15-46-48-29(40)20(31)13-44/h5-11,19-20,22-23,43-44H,3-4,12-15,30-31H2,1-2H3,(H,33,35)(H,34,36)/t19-,20-,22?,23?/m0/s1. The van der Waals surface area contributed by atoms with Gasteiger partial charge >= 0.3 is 11.9 Å². The number of amides is 2. The number of pyridine rings is 1. The molecule has 0 saturated heterocycles. The Morgan fingerprint density at radius 3 is 1.73 bits per heavy atom. The number of nitrogens with two attached hydrogens (primary N) is 2. The van der Waals surface area contributed by atoms with Gasteiger partial charge in [-0.05, 0) is 52.6 Å². The van der Waals surface area contributed by atoms with Crippen molar-refractivity contribution in [3.63, 3.8) is 0 Å². The van der Waals surface area contributed by atoms with Gasteiger partial charge in [-0.25, -0.2) is 9.59 Å². The second-order valence-electron chi connectivity index (χ2n) is 9.49. The number of esters is 2. The van der Waals surface area contributed by atoms with Crippen molar-refractivity contribution in [2.24, 2.45) is 11.5 Å². The Morgan fingerprint density at radius 1 is 0.792 bits per heavy atom. The van der Waals surface area contributed by atoms with Crippen LogP contribution in [0.5, 0.6) is 0 Å². The summed E-state index contributed by atoms with van der Waals surface area (Å²) in [5.74, 6) is -2.54. The molecule has 1 aromatic carbocycles. The summed E-state index contributed by atoms with van der Waals surface area (Å²) in [6.45, 7) is 3.37. The number of nitrogens with zero attached hydrogens (tertiary/aromatic N) is 1. The van der Waals surface area contributed by atoms with Crippen molar-refractivity contribution in [1.29, 1.82) is 0 Å². The minimum absolute atomic E-state index is 0.00736. The Bertz CT molecular complexity index is 1420. The zero-order valence-electron chi connectivity index (χ0n) is 26.0. The van der Waals surface area contributed by atoms with Crippen molar-refractivity contribution in [1.82, 2.24) is 15.6 Å². The van der Waals surface area contributed by atoms with Gasteiger partial charge in [0, 0.05) is 29.2 Å². The Labute approximate surface area is 305 Å². The average Bonchev–Trinajstić information content (AvgIpc) is 3.09. The molecule has 13 nitrogen and oxygen atoms in total. The number of nitrogens with one attached hydrogen (secondary N) is 2. The summed E-state index contributed by atoms with van der Waals surface area (Å²) in [6.07, 6.45) is 1.19. The van der Waals surface area contributed by atoms with E-state index < -0.39 is 47.9 Å². The van der Waals surface area contributed by atoms with Crippen LogP contribution in [0.1, 0.15) is 34.7 Å². The third-order valence-electron chi connectivity index (χ3n) is 5.97. The van der Waals surface area contributed by atoms with Crippen LogP contribution in [0.15, 0.2) is 42.6 Å². The number of carbonyl (C=O) groups excluding carboxylic acids is 6. The normalized spacial score (nSPS) is 13.4. The number of benzene rings is 1. The zero-order chi connectivity index (χ0) is 35.6. The van der Waals surface area contributed by atoms with Crippen LogP contribution in [-0.2, 0) is 28.7 Å². The molecule has 4 atom stereocenters. The lowest BCUT2D eigenvalue weighted by molar-refractivity contribution is -0.145. The number of aromatic nitrogens is 1. The molecule has 0 fully saturated rings. The SMILES string of the molecule is CCOC(=O)C(CSSC(=O)[C@@H](N)CS)NC(=O)c1cc(-c2ccccc2)c(C(=O)NC(CSSC(=O)[C@@H](N)CS)C(=O)OCC)cn1. The van der Waals surface area contributed by atoms with Crippen molar-refractivity contribution >= 4 is 102 Å². The fourth-order valence-corrected chi connectivity index (χ4v) is 8.24. The average molecular weight is 776 g/mol. The molecular formula is C29H37N5O8S6. The van der Waals surface area contributed by atoms with Crippen molar-refractivity contribution < 1.29 is 38.2 Å². The van der Waals surface area contributed by atoms with Crippen molar-refractivity contribution in [3.8, 4) is 11.1 Å². The molecule has 0 bridgehead atoms. The smallest absolute Gasteiger partial charge is 0.329 e. The highest BCUT2D eigenvalue weighted by atomic mass is 33.1. The summed E-state index contributed by atoms with van der Waals surface area (Å²) in [6, 6.07) is 6.27. The van der Waals surface area contributed by atoms with Gasteiger partial charge in [0.15, 0.2) is 0 Å². The van der Waals surface area contributed by atoms with Crippen molar-refractivity contribution in [3.05, 3.63) is 53.9 Å². The first-order valence-electron chi connectivity index (χ1n) is 14.4. The Balaban J connectivity index is 2.33. The molecule has 0 radical (unpaired) electrons. The van der Waals surface area contributed by atoms with Crippen LogP contribution in [0.25, 0.3) is 11.1 Å². The van der Waals surface area contributed by atoms with E-state index in [1.807, 2.05) is 0 Å². The Morgan fingerprint density at radius 2 is 1.27 bits per heavy atom. The van der Waals surface area contributed by atoms with E-state index in [0.717, 1.165) is 43.2 Å². The molecule has 6 N–H and O–H groups in total. The molecular weight excluding hydrogens is 739 g/mol. The monoisotopic (exact) mass is 775 g/mol. The highest BCUT2D eigenvalue weighted by molar-refractivity contribution is 8.82. The van der Waals surface area contributed by atoms with Crippen LogP contribution in [-0.4, -0.2) is 99.4 Å². The number of ether oxygens (including phenoxy) is 2. The van der Waals surface area contributed by atoms with Gasteiger partial charge in [0.05, 0.1) is 30.9 Å². The number of thiol groups is 2. The molecule has 2 aromatic rings. The molecule has 0 aliphatic heterocycles. The number of carbonyl (C=O) groups is 6. The first kappa shape index (κ1) is 41.8. The third kappa shape index (κ3) is 13.5. The highest BCUT2D eigenvalue weighted by Crippen LogP contribution is 2.27. The molecule has 1 aromatic heterocycles. The predicted octanol–water partition coefficient (Wildman–Crippen LogP) is 2.40. The first-order chi connectivity index (χ1) is 23.0. The molecule has 2 amide bonds. The molecule has 48 heavy (non-hydrogen) atoms. The molecule has 0 aliphatic carbocycles. The summed E-state index contributed by atoms with van der Waals surface area (Å²) in [7, 11) is 3.75. The molecule has 0 aliphatic rings. The van der Waals surface area contributed by atoms with Gasteiger partial charge in [-0.1, -0.05) is 51.9 Å². The second kappa shape index (κ2) is 22.4. The minimum atomic E-state index is -1.13. The van der Waals surface area contributed by atoms with Crippen LogP contribution in [0, 0.1) is 0 Å². The fraction of sp³-hybridized carbons (Fsp3) is 0.414. The quantitative estimate of drug-likeness (QED) is 0.0688.